The third kappa shape index (κ3) is 2.62. The van der Waals surface area contributed by atoms with Crippen LogP contribution in [0, 0.1) is 5.92 Å². The summed E-state index contributed by atoms with van der Waals surface area (Å²) in [5, 5.41) is 0. The average Bonchev–Trinajstić information content (AvgIpc) is 2.65. The van der Waals surface area contributed by atoms with Crippen LogP contribution in [0.2, 0.25) is 0 Å². The molecular weight excluding hydrogens is 252 g/mol. The largest absolute Gasteiger partial charge is 0.324 e. The van der Waals surface area contributed by atoms with Crippen molar-refractivity contribution in [1.82, 2.24) is 4.31 Å². The summed E-state index contributed by atoms with van der Waals surface area (Å²) < 4.78 is 2.07. The van der Waals surface area contributed by atoms with Crippen molar-refractivity contribution in [2.45, 2.75) is 46.7 Å². The molecule has 1 aromatic carbocycles. The van der Waals surface area contributed by atoms with Gasteiger partial charge < -0.3 is 4.90 Å². The second-order valence-corrected chi connectivity index (χ2v) is 6.32. The Labute approximate surface area is 122 Å². The summed E-state index contributed by atoms with van der Waals surface area (Å²) in [6.45, 7) is 11.1. The highest BCUT2D eigenvalue weighted by Gasteiger charge is 2.32. The van der Waals surface area contributed by atoms with Crippen molar-refractivity contribution in [3.63, 3.8) is 0 Å². The average molecular weight is 276 g/mol. The van der Waals surface area contributed by atoms with Gasteiger partial charge in [-0.3, -0.25) is 4.31 Å². The monoisotopic (exact) mass is 276 g/mol. The molecule has 1 heterocycles. The molecule has 0 aromatic heterocycles. The SMILES string of the molecule is CC1=CN(c2ccccc2C(C)C)C(C(C)C)N1S. The van der Waals surface area contributed by atoms with Gasteiger partial charge >= 0.3 is 0 Å². The standard InChI is InChI=1S/C16H24N2S/c1-11(2)14-8-6-7-9-15(14)17-10-13(5)18(19)16(17)12(3)4/h6-12,16,19H,1-5H3. The summed E-state index contributed by atoms with van der Waals surface area (Å²) in [5.41, 5.74) is 3.88. The number of allylic oxidation sites excluding steroid dienone is 1. The number of anilines is 1. The third-order valence-electron chi connectivity index (χ3n) is 3.66. The Morgan fingerprint density at radius 1 is 1.11 bits per heavy atom. The first-order valence-electron chi connectivity index (χ1n) is 6.97. The van der Waals surface area contributed by atoms with Gasteiger partial charge in [0.2, 0.25) is 0 Å². The molecular formula is C16H24N2S. The van der Waals surface area contributed by atoms with Crippen LogP contribution in [0.25, 0.3) is 0 Å². The summed E-state index contributed by atoms with van der Waals surface area (Å²) in [6, 6.07) is 8.67. The second kappa shape index (κ2) is 5.49. The Bertz CT molecular complexity index is 479. The smallest absolute Gasteiger partial charge is 0.118 e. The third-order valence-corrected chi connectivity index (χ3v) is 4.21. The van der Waals surface area contributed by atoms with E-state index in [1.807, 2.05) is 0 Å². The molecule has 1 aliphatic rings. The molecule has 0 bridgehead atoms. The van der Waals surface area contributed by atoms with Crippen LogP contribution in [0.5, 0.6) is 0 Å². The van der Waals surface area contributed by atoms with E-state index in [1.165, 1.54) is 16.9 Å². The summed E-state index contributed by atoms with van der Waals surface area (Å²) in [7, 11) is 0. The van der Waals surface area contributed by atoms with Gasteiger partial charge in [0.05, 0.1) is 0 Å². The van der Waals surface area contributed by atoms with Crippen molar-refractivity contribution in [2.75, 3.05) is 4.90 Å². The van der Waals surface area contributed by atoms with Crippen molar-refractivity contribution < 1.29 is 0 Å². The van der Waals surface area contributed by atoms with Gasteiger partial charge in [-0.15, -0.1) is 0 Å². The maximum Gasteiger partial charge on any atom is 0.118 e. The minimum absolute atomic E-state index is 0.281. The minimum Gasteiger partial charge on any atom is -0.324 e. The normalized spacial score (nSPS) is 19.6. The van der Waals surface area contributed by atoms with E-state index in [9.17, 15) is 0 Å². The number of rotatable bonds is 3. The molecule has 1 atom stereocenters. The summed E-state index contributed by atoms with van der Waals surface area (Å²) in [6.07, 6.45) is 2.49. The fraction of sp³-hybridized carbons (Fsp3) is 0.500. The lowest BCUT2D eigenvalue weighted by Gasteiger charge is -2.34. The first-order valence-corrected chi connectivity index (χ1v) is 7.37. The van der Waals surface area contributed by atoms with Crippen molar-refractivity contribution in [3.8, 4) is 0 Å². The molecule has 0 amide bonds. The highest BCUT2D eigenvalue weighted by Crippen LogP contribution is 2.37. The molecule has 0 N–H and O–H groups in total. The molecule has 1 aromatic rings. The lowest BCUT2D eigenvalue weighted by molar-refractivity contribution is 0.355. The molecule has 19 heavy (non-hydrogen) atoms. The van der Waals surface area contributed by atoms with Crippen LogP contribution >= 0.6 is 12.8 Å². The van der Waals surface area contributed by atoms with Gasteiger partial charge in [-0.05, 0) is 30.4 Å². The van der Waals surface area contributed by atoms with E-state index in [0.29, 0.717) is 11.8 Å². The Kier molecular flexibility index (Phi) is 4.14. The Balaban J connectivity index is 2.46. The van der Waals surface area contributed by atoms with E-state index in [2.05, 4.69) is 87.1 Å². The number of hydrogen-bond donors (Lipinski definition) is 1. The highest BCUT2D eigenvalue weighted by molar-refractivity contribution is 7.77. The minimum atomic E-state index is 0.281. The molecule has 0 aliphatic carbocycles. The molecule has 104 valence electrons. The summed E-state index contributed by atoms with van der Waals surface area (Å²) >= 11 is 4.64. The predicted molar refractivity (Wildman–Crippen MR) is 86.2 cm³/mol. The van der Waals surface area contributed by atoms with E-state index in [4.69, 9.17) is 0 Å². The zero-order chi connectivity index (χ0) is 14.2. The van der Waals surface area contributed by atoms with Gasteiger partial charge in [0, 0.05) is 17.6 Å². The summed E-state index contributed by atoms with van der Waals surface area (Å²) in [5.74, 6) is 1.03. The first kappa shape index (κ1) is 14.3. The van der Waals surface area contributed by atoms with Crippen molar-refractivity contribution >= 4 is 18.5 Å². The van der Waals surface area contributed by atoms with Crippen LogP contribution in [0.1, 0.15) is 46.1 Å². The van der Waals surface area contributed by atoms with E-state index < -0.39 is 0 Å². The molecule has 2 rings (SSSR count). The van der Waals surface area contributed by atoms with Crippen LogP contribution in [-0.4, -0.2) is 10.5 Å². The molecule has 0 radical (unpaired) electrons. The Hall–Kier alpha value is -1.09. The molecule has 2 nitrogen and oxygen atoms in total. The highest BCUT2D eigenvalue weighted by atomic mass is 32.1. The Morgan fingerprint density at radius 3 is 2.32 bits per heavy atom. The van der Waals surface area contributed by atoms with Gasteiger partial charge in [0.25, 0.3) is 0 Å². The molecule has 1 aliphatic heterocycles. The quantitative estimate of drug-likeness (QED) is 0.805. The molecule has 0 saturated heterocycles. The van der Waals surface area contributed by atoms with Crippen LogP contribution in [0.3, 0.4) is 0 Å². The number of para-hydroxylation sites is 1. The fourth-order valence-corrected chi connectivity index (χ4v) is 3.12. The van der Waals surface area contributed by atoms with Crippen LogP contribution in [0.15, 0.2) is 36.2 Å². The molecule has 3 heteroatoms. The van der Waals surface area contributed by atoms with Crippen molar-refractivity contribution in [3.05, 3.63) is 41.7 Å². The van der Waals surface area contributed by atoms with Gasteiger partial charge in [0.15, 0.2) is 0 Å². The van der Waals surface area contributed by atoms with E-state index in [-0.39, 0.29) is 6.17 Å². The van der Waals surface area contributed by atoms with E-state index >= 15 is 0 Å². The van der Waals surface area contributed by atoms with Gasteiger partial charge in [-0.1, -0.05) is 58.7 Å². The second-order valence-electron chi connectivity index (χ2n) is 5.89. The number of nitrogens with zero attached hydrogens (tertiary/aromatic N) is 2. The number of thiol groups is 1. The summed E-state index contributed by atoms with van der Waals surface area (Å²) in [4.78, 5) is 2.36. The maximum atomic E-state index is 4.64. The topological polar surface area (TPSA) is 6.48 Å². The van der Waals surface area contributed by atoms with Crippen LogP contribution in [0.4, 0.5) is 5.69 Å². The number of hydrogen-bond acceptors (Lipinski definition) is 3. The molecule has 0 spiro atoms. The van der Waals surface area contributed by atoms with Gasteiger partial charge in [-0.2, -0.15) is 0 Å². The van der Waals surface area contributed by atoms with Gasteiger partial charge in [0.1, 0.15) is 6.17 Å². The van der Waals surface area contributed by atoms with Crippen LogP contribution in [-0.2, 0) is 0 Å². The fourth-order valence-electron chi connectivity index (χ4n) is 2.69. The van der Waals surface area contributed by atoms with Crippen molar-refractivity contribution in [1.29, 1.82) is 0 Å². The molecule has 0 fully saturated rings. The van der Waals surface area contributed by atoms with Crippen molar-refractivity contribution in [2.24, 2.45) is 5.92 Å². The first-order chi connectivity index (χ1) is 8.93. The van der Waals surface area contributed by atoms with Gasteiger partial charge in [-0.25, -0.2) is 0 Å². The molecule has 1 unspecified atom stereocenters. The number of benzene rings is 1. The maximum absolute atomic E-state index is 4.64. The Morgan fingerprint density at radius 2 is 1.74 bits per heavy atom. The molecule has 0 saturated carbocycles. The van der Waals surface area contributed by atoms with E-state index in [1.54, 1.807) is 0 Å². The van der Waals surface area contributed by atoms with Crippen LogP contribution < -0.4 is 4.90 Å². The van der Waals surface area contributed by atoms with E-state index in [0.717, 1.165) is 0 Å². The zero-order valence-electron chi connectivity index (χ0n) is 12.5. The predicted octanol–water partition coefficient (Wildman–Crippen LogP) is 4.62. The lowest BCUT2D eigenvalue weighted by atomic mass is 9.99. The lowest BCUT2D eigenvalue weighted by Crippen LogP contribution is -2.39. The zero-order valence-corrected chi connectivity index (χ0v) is 13.4.